The van der Waals surface area contributed by atoms with E-state index >= 15 is 0 Å². The van der Waals surface area contributed by atoms with E-state index in [1.54, 1.807) is 4.90 Å². The minimum Gasteiger partial charge on any atom is -0.368 e. The molecule has 1 saturated carbocycles. The average Bonchev–Trinajstić information content (AvgIpc) is 2.65. The summed E-state index contributed by atoms with van der Waals surface area (Å²) in [5.74, 6) is -0.271. The maximum absolute atomic E-state index is 12.4. The topological polar surface area (TPSA) is 63.4 Å². The number of carbonyl (C=O) groups excluding carboxylic acids is 2. The number of nitrogens with zero attached hydrogens (tertiary/aromatic N) is 1. The lowest BCUT2D eigenvalue weighted by atomic mass is 9.84. The van der Waals surface area contributed by atoms with Crippen molar-refractivity contribution < 1.29 is 9.59 Å². The molecule has 0 spiro atoms. The van der Waals surface area contributed by atoms with E-state index in [2.05, 4.69) is 0 Å². The molecule has 0 radical (unpaired) electrons. The fourth-order valence-corrected chi connectivity index (χ4v) is 2.74. The third kappa shape index (κ3) is 1.60. The predicted molar refractivity (Wildman–Crippen MR) is 68.0 cm³/mol. The molecule has 1 aliphatic heterocycles. The van der Waals surface area contributed by atoms with Crippen LogP contribution in [-0.4, -0.2) is 17.9 Å². The summed E-state index contributed by atoms with van der Waals surface area (Å²) in [4.78, 5) is 25.6. The van der Waals surface area contributed by atoms with Crippen molar-refractivity contribution in [1.29, 1.82) is 0 Å². The van der Waals surface area contributed by atoms with Gasteiger partial charge in [0.25, 0.3) is 0 Å². The highest BCUT2D eigenvalue weighted by molar-refractivity contribution is 6.04. The first kappa shape index (κ1) is 11.3. The summed E-state index contributed by atoms with van der Waals surface area (Å²) in [6, 6.07) is 7.17. The highest BCUT2D eigenvalue weighted by atomic mass is 16.2. The maximum atomic E-state index is 12.4. The molecular weight excluding hydrogens is 228 g/mol. The van der Waals surface area contributed by atoms with Gasteiger partial charge in [0.15, 0.2) is 0 Å². The number of rotatable bonds is 2. The lowest BCUT2D eigenvalue weighted by molar-refractivity contribution is -0.128. The smallest absolute Gasteiger partial charge is 0.240 e. The van der Waals surface area contributed by atoms with Crippen LogP contribution < -0.4 is 10.6 Å². The van der Waals surface area contributed by atoms with Gasteiger partial charge in [0.1, 0.15) is 6.04 Å². The first-order valence-electron chi connectivity index (χ1n) is 6.39. The molecule has 2 aliphatic rings. The summed E-state index contributed by atoms with van der Waals surface area (Å²) < 4.78 is 0. The fourth-order valence-electron chi connectivity index (χ4n) is 2.74. The zero-order valence-electron chi connectivity index (χ0n) is 10.1. The van der Waals surface area contributed by atoms with Crippen LogP contribution in [0.3, 0.4) is 0 Å². The predicted octanol–water partition coefficient (Wildman–Crippen LogP) is 1.23. The van der Waals surface area contributed by atoms with Crippen LogP contribution in [0.25, 0.3) is 0 Å². The molecule has 1 heterocycles. The molecule has 4 nitrogen and oxygen atoms in total. The lowest BCUT2D eigenvalue weighted by Gasteiger charge is -2.32. The number of fused-ring (bicyclic) bond motifs is 1. The van der Waals surface area contributed by atoms with Crippen LogP contribution in [0.1, 0.15) is 24.8 Å². The van der Waals surface area contributed by atoms with Crippen molar-refractivity contribution >= 4 is 17.5 Å². The monoisotopic (exact) mass is 244 g/mol. The van der Waals surface area contributed by atoms with Crippen LogP contribution in [0.4, 0.5) is 5.69 Å². The third-order valence-electron chi connectivity index (χ3n) is 4.00. The second-order valence-corrected chi connectivity index (χ2v) is 5.09. The van der Waals surface area contributed by atoms with Crippen LogP contribution >= 0.6 is 0 Å². The molecule has 1 fully saturated rings. The average molecular weight is 244 g/mol. The van der Waals surface area contributed by atoms with Crippen molar-refractivity contribution in [2.75, 3.05) is 4.90 Å². The van der Waals surface area contributed by atoms with Crippen molar-refractivity contribution in [3.8, 4) is 0 Å². The molecule has 1 atom stereocenters. The van der Waals surface area contributed by atoms with E-state index in [-0.39, 0.29) is 11.8 Å². The second-order valence-electron chi connectivity index (χ2n) is 5.09. The quantitative estimate of drug-likeness (QED) is 0.850. The van der Waals surface area contributed by atoms with Crippen LogP contribution in [0.2, 0.25) is 0 Å². The van der Waals surface area contributed by atoms with Crippen molar-refractivity contribution in [3.63, 3.8) is 0 Å². The minimum absolute atomic E-state index is 0.0648. The molecule has 2 N–H and O–H groups in total. The molecule has 3 rings (SSSR count). The van der Waals surface area contributed by atoms with Gasteiger partial charge in [-0.1, -0.05) is 24.6 Å². The van der Waals surface area contributed by atoms with Gasteiger partial charge in [-0.3, -0.25) is 14.5 Å². The van der Waals surface area contributed by atoms with Gasteiger partial charge in [-0.05, 0) is 24.5 Å². The normalized spacial score (nSPS) is 22.4. The number of primary amides is 1. The Kier molecular flexibility index (Phi) is 2.58. The second kappa shape index (κ2) is 4.12. The molecule has 4 heteroatoms. The molecule has 2 amide bonds. The Morgan fingerprint density at radius 2 is 1.94 bits per heavy atom. The lowest BCUT2D eigenvalue weighted by Crippen LogP contribution is -2.49. The summed E-state index contributed by atoms with van der Waals surface area (Å²) in [6.45, 7) is 0. The van der Waals surface area contributed by atoms with E-state index in [0.717, 1.165) is 30.5 Å². The van der Waals surface area contributed by atoms with Gasteiger partial charge in [-0.2, -0.15) is 0 Å². The number of benzene rings is 1. The number of carbonyl (C=O) groups is 2. The van der Waals surface area contributed by atoms with Crippen molar-refractivity contribution in [1.82, 2.24) is 0 Å². The van der Waals surface area contributed by atoms with E-state index < -0.39 is 11.9 Å². The summed E-state index contributed by atoms with van der Waals surface area (Å²) in [7, 11) is 0. The van der Waals surface area contributed by atoms with Crippen LogP contribution in [-0.2, 0) is 16.0 Å². The molecule has 1 aromatic rings. The number of nitrogens with two attached hydrogens (primary N) is 1. The van der Waals surface area contributed by atoms with Crippen molar-refractivity contribution in [2.45, 2.75) is 31.7 Å². The summed E-state index contributed by atoms with van der Waals surface area (Å²) in [5, 5.41) is 0. The number of hydrogen-bond donors (Lipinski definition) is 1. The zero-order chi connectivity index (χ0) is 12.7. The van der Waals surface area contributed by atoms with E-state index in [1.807, 2.05) is 24.3 Å². The van der Waals surface area contributed by atoms with Gasteiger partial charge < -0.3 is 5.73 Å². The minimum atomic E-state index is -0.504. The maximum Gasteiger partial charge on any atom is 0.240 e. The van der Waals surface area contributed by atoms with Crippen LogP contribution in [0.5, 0.6) is 0 Å². The summed E-state index contributed by atoms with van der Waals surface area (Å²) in [6.07, 6.45) is 3.52. The molecule has 18 heavy (non-hydrogen) atoms. The fraction of sp³-hybridized carbons (Fsp3) is 0.429. The highest BCUT2D eigenvalue weighted by Crippen LogP contribution is 2.37. The van der Waals surface area contributed by atoms with Gasteiger partial charge in [-0.25, -0.2) is 0 Å². The first-order valence-corrected chi connectivity index (χ1v) is 6.39. The first-order chi connectivity index (χ1) is 8.68. The Labute approximate surface area is 106 Å². The molecule has 0 aromatic heterocycles. The Morgan fingerprint density at radius 1 is 1.22 bits per heavy atom. The molecule has 0 bridgehead atoms. The van der Waals surface area contributed by atoms with Gasteiger partial charge in [0.05, 0.1) is 0 Å². The standard InChI is InChI=1S/C14H16N2O2/c15-13(17)12-8-10-4-1-2-7-11(10)16(12)14(18)9-5-3-6-9/h1-2,4,7,9,12H,3,5-6,8H2,(H2,15,17)/t12-/m0/s1. The third-order valence-corrected chi connectivity index (χ3v) is 4.00. The summed E-state index contributed by atoms with van der Waals surface area (Å²) >= 11 is 0. The molecule has 94 valence electrons. The molecule has 0 unspecified atom stereocenters. The number of anilines is 1. The van der Waals surface area contributed by atoms with Gasteiger partial charge in [-0.15, -0.1) is 0 Å². The van der Waals surface area contributed by atoms with E-state index in [9.17, 15) is 9.59 Å². The van der Waals surface area contributed by atoms with E-state index in [1.165, 1.54) is 0 Å². The molecule has 0 saturated heterocycles. The van der Waals surface area contributed by atoms with Crippen molar-refractivity contribution in [2.24, 2.45) is 11.7 Å². The SMILES string of the molecule is NC(=O)[C@@H]1Cc2ccccc2N1C(=O)C1CCC1. The Morgan fingerprint density at radius 3 is 2.56 bits per heavy atom. The van der Waals surface area contributed by atoms with Gasteiger partial charge >= 0.3 is 0 Å². The van der Waals surface area contributed by atoms with Gasteiger partial charge in [0.2, 0.25) is 11.8 Å². The largest absolute Gasteiger partial charge is 0.368 e. The highest BCUT2D eigenvalue weighted by Gasteiger charge is 2.40. The molecular formula is C14H16N2O2. The van der Waals surface area contributed by atoms with Crippen LogP contribution in [0.15, 0.2) is 24.3 Å². The Hall–Kier alpha value is -1.84. The Bertz CT molecular complexity index is 508. The number of amides is 2. The summed E-state index contributed by atoms with van der Waals surface area (Å²) in [5.41, 5.74) is 7.33. The van der Waals surface area contributed by atoms with Crippen LogP contribution in [0, 0.1) is 5.92 Å². The zero-order valence-corrected chi connectivity index (χ0v) is 10.1. The van der Waals surface area contributed by atoms with Crippen molar-refractivity contribution in [3.05, 3.63) is 29.8 Å². The van der Waals surface area contributed by atoms with E-state index in [0.29, 0.717) is 6.42 Å². The molecule has 1 aliphatic carbocycles. The molecule has 1 aromatic carbocycles. The van der Waals surface area contributed by atoms with E-state index in [4.69, 9.17) is 5.73 Å². The number of para-hydroxylation sites is 1. The Balaban J connectivity index is 1.97. The number of hydrogen-bond acceptors (Lipinski definition) is 2. The van der Waals surface area contributed by atoms with Gasteiger partial charge in [0, 0.05) is 18.0 Å².